The number of rotatable bonds is 5. The Bertz CT molecular complexity index is 1250. The maximum absolute atomic E-state index is 14.0. The van der Waals surface area contributed by atoms with Gasteiger partial charge in [0.05, 0.1) is 16.1 Å². The monoisotopic (exact) mass is 463 g/mol. The van der Waals surface area contributed by atoms with Crippen molar-refractivity contribution in [2.75, 3.05) is 13.2 Å². The number of halogens is 2. The number of benzene rings is 3. The quantitative estimate of drug-likeness (QED) is 0.389. The molecule has 0 spiro atoms. The summed E-state index contributed by atoms with van der Waals surface area (Å²) in [6.07, 6.45) is -0.305. The molecular weight excluding hydrogens is 445 g/mol. The number of aromatic carboxylic acids is 1. The topological polar surface area (TPSA) is 75.6 Å². The van der Waals surface area contributed by atoms with Gasteiger partial charge in [-0.25, -0.2) is 14.0 Å². The molecule has 1 aliphatic carbocycles. The summed E-state index contributed by atoms with van der Waals surface area (Å²) in [5.74, 6) is 3.22. The van der Waals surface area contributed by atoms with Crippen molar-refractivity contribution in [1.29, 1.82) is 0 Å². The van der Waals surface area contributed by atoms with E-state index in [1.165, 1.54) is 6.07 Å². The van der Waals surface area contributed by atoms with Gasteiger partial charge in [-0.15, -0.1) is 0 Å². The number of ether oxygens (including phenoxy) is 1. The molecule has 0 unspecified atom stereocenters. The van der Waals surface area contributed by atoms with Gasteiger partial charge in [0.15, 0.2) is 0 Å². The summed E-state index contributed by atoms with van der Waals surface area (Å²) in [4.78, 5) is 23.1. The second kappa shape index (κ2) is 9.76. The third kappa shape index (κ3) is 4.84. The number of alkyl carbamates (subject to hydrolysis) is 1. The van der Waals surface area contributed by atoms with Crippen LogP contribution >= 0.6 is 11.6 Å². The van der Waals surface area contributed by atoms with Crippen molar-refractivity contribution in [3.8, 4) is 23.0 Å². The number of carboxylic acids is 1. The molecule has 4 rings (SSSR count). The third-order valence-electron chi connectivity index (χ3n) is 5.37. The fraction of sp³-hybridized carbons (Fsp3) is 0.154. The lowest BCUT2D eigenvalue weighted by molar-refractivity contribution is 0.0696. The molecule has 1 aliphatic rings. The van der Waals surface area contributed by atoms with Gasteiger partial charge in [-0.05, 0) is 34.4 Å². The van der Waals surface area contributed by atoms with Gasteiger partial charge in [-0.2, -0.15) is 0 Å². The Hall–Kier alpha value is -3.82. The minimum Gasteiger partial charge on any atom is -0.478 e. The molecule has 0 saturated carbocycles. The van der Waals surface area contributed by atoms with Crippen LogP contribution in [-0.2, 0) is 4.74 Å². The molecule has 0 aromatic heterocycles. The standard InChI is InChI=1S/C26H19ClFNO4/c27-23-13-16(24(28)14-21(23)25(30)31)7-5-6-12-29-26(32)33-15-22-19-10-3-1-8-17(19)18-9-2-4-11-20(18)22/h1-4,8-11,13-14,22H,6,12,15H2,(H,29,32)(H,30,31). The van der Waals surface area contributed by atoms with E-state index in [1.54, 1.807) is 0 Å². The van der Waals surface area contributed by atoms with Crippen molar-refractivity contribution in [3.05, 3.63) is 93.8 Å². The van der Waals surface area contributed by atoms with Crippen LogP contribution in [0.2, 0.25) is 5.02 Å². The van der Waals surface area contributed by atoms with E-state index in [0.29, 0.717) is 0 Å². The van der Waals surface area contributed by atoms with E-state index in [4.69, 9.17) is 21.4 Å². The van der Waals surface area contributed by atoms with Crippen LogP contribution in [0.25, 0.3) is 11.1 Å². The second-order valence-corrected chi connectivity index (χ2v) is 7.83. The fourth-order valence-corrected chi connectivity index (χ4v) is 4.09. The molecule has 3 aromatic carbocycles. The van der Waals surface area contributed by atoms with Gasteiger partial charge in [0.1, 0.15) is 12.4 Å². The first-order chi connectivity index (χ1) is 16.0. The first kappa shape index (κ1) is 22.4. The van der Waals surface area contributed by atoms with Crippen molar-refractivity contribution in [3.63, 3.8) is 0 Å². The van der Waals surface area contributed by atoms with E-state index in [0.717, 1.165) is 28.3 Å². The first-order valence-corrected chi connectivity index (χ1v) is 10.6. The highest BCUT2D eigenvalue weighted by atomic mass is 35.5. The number of carboxylic acid groups (broad SMARTS) is 1. The van der Waals surface area contributed by atoms with Gasteiger partial charge in [-0.1, -0.05) is 72.0 Å². The minimum atomic E-state index is -1.31. The highest BCUT2D eigenvalue weighted by Gasteiger charge is 2.28. The molecule has 166 valence electrons. The van der Waals surface area contributed by atoms with Crippen LogP contribution in [0.5, 0.6) is 0 Å². The Kier molecular flexibility index (Phi) is 6.62. The molecule has 2 N–H and O–H groups in total. The Balaban J connectivity index is 1.30. The summed E-state index contributed by atoms with van der Waals surface area (Å²) in [5.41, 5.74) is 4.24. The van der Waals surface area contributed by atoms with Gasteiger partial charge >= 0.3 is 12.1 Å². The number of nitrogens with one attached hydrogen (secondary N) is 1. The maximum atomic E-state index is 14.0. The molecule has 5 nitrogen and oxygen atoms in total. The molecule has 3 aromatic rings. The highest BCUT2D eigenvalue weighted by molar-refractivity contribution is 6.33. The Morgan fingerprint density at radius 1 is 1.06 bits per heavy atom. The number of hydrogen-bond acceptors (Lipinski definition) is 3. The fourth-order valence-electron chi connectivity index (χ4n) is 3.84. The zero-order valence-electron chi connectivity index (χ0n) is 17.4. The Morgan fingerprint density at radius 3 is 2.33 bits per heavy atom. The summed E-state index contributed by atoms with van der Waals surface area (Å²) in [6.45, 7) is 0.428. The Morgan fingerprint density at radius 2 is 1.70 bits per heavy atom. The van der Waals surface area contributed by atoms with E-state index < -0.39 is 17.9 Å². The summed E-state index contributed by atoms with van der Waals surface area (Å²) >= 11 is 5.84. The average molecular weight is 464 g/mol. The van der Waals surface area contributed by atoms with Crippen molar-refractivity contribution in [2.24, 2.45) is 0 Å². The molecule has 0 fully saturated rings. The van der Waals surface area contributed by atoms with Crippen LogP contribution in [0, 0.1) is 17.7 Å². The van der Waals surface area contributed by atoms with Crippen LogP contribution in [0.4, 0.5) is 9.18 Å². The van der Waals surface area contributed by atoms with Crippen LogP contribution in [0.15, 0.2) is 60.7 Å². The largest absolute Gasteiger partial charge is 0.478 e. The van der Waals surface area contributed by atoms with E-state index in [-0.39, 0.29) is 41.6 Å². The highest BCUT2D eigenvalue weighted by Crippen LogP contribution is 2.44. The zero-order chi connectivity index (χ0) is 23.4. The van der Waals surface area contributed by atoms with Crippen LogP contribution in [-0.4, -0.2) is 30.3 Å². The van der Waals surface area contributed by atoms with E-state index >= 15 is 0 Å². The minimum absolute atomic E-state index is 0.00820. The van der Waals surface area contributed by atoms with E-state index in [1.807, 2.05) is 36.4 Å². The lowest BCUT2D eigenvalue weighted by atomic mass is 9.98. The lowest BCUT2D eigenvalue weighted by Crippen LogP contribution is -2.26. The predicted octanol–water partition coefficient (Wildman–Crippen LogP) is 5.46. The van der Waals surface area contributed by atoms with Crippen LogP contribution < -0.4 is 5.32 Å². The van der Waals surface area contributed by atoms with Crippen molar-refractivity contribution in [1.82, 2.24) is 5.32 Å². The molecule has 0 aliphatic heterocycles. The van der Waals surface area contributed by atoms with Gasteiger partial charge in [0.25, 0.3) is 0 Å². The molecule has 0 bridgehead atoms. The molecule has 0 atom stereocenters. The summed E-state index contributed by atoms with van der Waals surface area (Å²) < 4.78 is 19.4. The molecule has 0 radical (unpaired) electrons. The zero-order valence-corrected chi connectivity index (χ0v) is 18.2. The van der Waals surface area contributed by atoms with E-state index in [2.05, 4.69) is 29.3 Å². The summed E-state index contributed by atoms with van der Waals surface area (Å²) in [6, 6.07) is 18.2. The van der Waals surface area contributed by atoms with Gasteiger partial charge in [0.2, 0.25) is 0 Å². The lowest BCUT2D eigenvalue weighted by Gasteiger charge is -2.14. The van der Waals surface area contributed by atoms with E-state index in [9.17, 15) is 14.0 Å². The van der Waals surface area contributed by atoms with Crippen LogP contribution in [0.1, 0.15) is 39.4 Å². The Labute approximate surface area is 195 Å². The molecule has 33 heavy (non-hydrogen) atoms. The molecule has 0 heterocycles. The number of hydrogen-bond donors (Lipinski definition) is 2. The van der Waals surface area contributed by atoms with Gasteiger partial charge in [0, 0.05) is 18.9 Å². The average Bonchev–Trinajstić information content (AvgIpc) is 3.13. The number of fused-ring (bicyclic) bond motifs is 3. The van der Waals surface area contributed by atoms with Crippen molar-refractivity contribution < 1.29 is 23.8 Å². The number of carbonyl (C=O) groups is 2. The number of amides is 1. The maximum Gasteiger partial charge on any atom is 0.407 e. The van der Waals surface area contributed by atoms with Crippen molar-refractivity contribution in [2.45, 2.75) is 12.3 Å². The van der Waals surface area contributed by atoms with Crippen LogP contribution in [0.3, 0.4) is 0 Å². The molecule has 0 saturated heterocycles. The summed E-state index contributed by atoms with van der Waals surface area (Å²) in [5, 5.41) is 11.5. The molecular formula is C26H19ClFNO4. The summed E-state index contributed by atoms with van der Waals surface area (Å²) in [7, 11) is 0. The second-order valence-electron chi connectivity index (χ2n) is 7.42. The number of carbonyl (C=O) groups excluding carboxylic acids is 1. The smallest absolute Gasteiger partial charge is 0.407 e. The third-order valence-corrected chi connectivity index (χ3v) is 5.69. The molecule has 7 heteroatoms. The first-order valence-electron chi connectivity index (χ1n) is 10.3. The normalized spacial score (nSPS) is 11.7. The van der Waals surface area contributed by atoms with Gasteiger partial charge < -0.3 is 15.2 Å². The SMILES string of the molecule is O=C(NCCC#Cc1cc(Cl)c(C(=O)O)cc1F)OCC1c2ccccc2-c2ccccc21. The van der Waals surface area contributed by atoms with Crippen molar-refractivity contribution >= 4 is 23.7 Å². The van der Waals surface area contributed by atoms with Gasteiger partial charge in [-0.3, -0.25) is 0 Å². The molecule has 1 amide bonds. The predicted molar refractivity (Wildman–Crippen MR) is 123 cm³/mol.